The van der Waals surface area contributed by atoms with Crippen molar-refractivity contribution < 1.29 is 4.79 Å². The molecule has 1 saturated carbocycles. The summed E-state index contributed by atoms with van der Waals surface area (Å²) in [5.74, 6) is 2.17. The molecule has 2 aliphatic rings. The summed E-state index contributed by atoms with van der Waals surface area (Å²) >= 11 is 6.13. The predicted molar refractivity (Wildman–Crippen MR) is 86.8 cm³/mol. The molecule has 0 radical (unpaired) electrons. The minimum atomic E-state index is -0.0634. The number of nitrogens with one attached hydrogen (secondary N) is 1. The summed E-state index contributed by atoms with van der Waals surface area (Å²) in [6, 6.07) is 5.59. The summed E-state index contributed by atoms with van der Waals surface area (Å²) in [5.41, 5.74) is 1.52. The highest BCUT2D eigenvalue weighted by molar-refractivity contribution is 6.34. The lowest BCUT2D eigenvalue weighted by molar-refractivity contribution is 0.0828. The van der Waals surface area contributed by atoms with Gasteiger partial charge >= 0.3 is 0 Å². The summed E-state index contributed by atoms with van der Waals surface area (Å²) in [7, 11) is 3.47. The largest absolute Gasteiger partial charge is 0.385 e. The number of amides is 1. The highest BCUT2D eigenvalue weighted by atomic mass is 35.5. The van der Waals surface area contributed by atoms with Crippen LogP contribution in [0.5, 0.6) is 0 Å². The molecule has 3 rings (SSSR count). The molecule has 0 spiro atoms. The van der Waals surface area contributed by atoms with Gasteiger partial charge in [-0.25, -0.2) is 0 Å². The molecule has 112 valence electrons. The van der Waals surface area contributed by atoms with Gasteiger partial charge in [0.1, 0.15) is 0 Å². The number of hydrogen-bond acceptors (Lipinski definition) is 2. The third-order valence-electron chi connectivity index (χ3n) is 4.59. The zero-order valence-electron chi connectivity index (χ0n) is 12.5. The summed E-state index contributed by atoms with van der Waals surface area (Å²) < 4.78 is 0. The molecule has 1 fully saturated rings. The monoisotopic (exact) mass is 304 g/mol. The standard InChI is InChI=1S/C17H21ClN2O/c1-20(2)17(21)15-9-14(5-6-16(15)18)19-10-13-8-11-3-4-12(13)7-11/h3-6,9,11-13,19H,7-8,10H2,1-2H3. The van der Waals surface area contributed by atoms with E-state index in [1.165, 1.54) is 12.8 Å². The van der Waals surface area contributed by atoms with Crippen LogP contribution in [0.3, 0.4) is 0 Å². The Labute approximate surface area is 131 Å². The van der Waals surface area contributed by atoms with Crippen LogP contribution in [0.15, 0.2) is 30.4 Å². The van der Waals surface area contributed by atoms with Gasteiger partial charge in [0.05, 0.1) is 10.6 Å². The van der Waals surface area contributed by atoms with E-state index >= 15 is 0 Å². The number of rotatable bonds is 4. The number of anilines is 1. The van der Waals surface area contributed by atoms with Gasteiger partial charge in [0.25, 0.3) is 5.91 Å². The van der Waals surface area contributed by atoms with Crippen molar-refractivity contribution in [2.45, 2.75) is 12.8 Å². The third kappa shape index (κ3) is 2.93. The summed E-state index contributed by atoms with van der Waals surface area (Å²) in [5, 5.41) is 3.97. The SMILES string of the molecule is CN(C)C(=O)c1cc(NCC2CC3C=CC2C3)ccc1Cl. The fourth-order valence-electron chi connectivity index (χ4n) is 3.42. The van der Waals surface area contributed by atoms with Crippen molar-refractivity contribution in [2.24, 2.45) is 17.8 Å². The van der Waals surface area contributed by atoms with E-state index in [1.807, 2.05) is 12.1 Å². The van der Waals surface area contributed by atoms with Gasteiger partial charge < -0.3 is 10.2 Å². The Kier molecular flexibility index (Phi) is 3.94. The second-order valence-electron chi connectivity index (χ2n) is 6.32. The van der Waals surface area contributed by atoms with Gasteiger partial charge in [-0.15, -0.1) is 0 Å². The average molecular weight is 305 g/mol. The normalized spacial score (nSPS) is 26.1. The number of carbonyl (C=O) groups is 1. The minimum Gasteiger partial charge on any atom is -0.385 e. The predicted octanol–water partition coefficient (Wildman–Crippen LogP) is 3.67. The van der Waals surface area contributed by atoms with Crippen molar-refractivity contribution in [1.82, 2.24) is 4.90 Å². The Balaban J connectivity index is 1.67. The molecule has 0 aromatic heterocycles. The number of hydrogen-bond donors (Lipinski definition) is 1. The van der Waals surface area contributed by atoms with Crippen LogP contribution in [0, 0.1) is 17.8 Å². The van der Waals surface area contributed by atoms with Gasteiger partial charge in [0.2, 0.25) is 0 Å². The maximum atomic E-state index is 12.1. The van der Waals surface area contributed by atoms with Crippen LogP contribution in [0.2, 0.25) is 5.02 Å². The van der Waals surface area contributed by atoms with Gasteiger partial charge in [-0.05, 0) is 48.8 Å². The van der Waals surface area contributed by atoms with E-state index in [0.717, 1.165) is 24.1 Å². The Morgan fingerprint density at radius 2 is 2.14 bits per heavy atom. The number of benzene rings is 1. The highest BCUT2D eigenvalue weighted by Crippen LogP contribution is 2.43. The molecule has 1 amide bonds. The fourth-order valence-corrected chi connectivity index (χ4v) is 3.62. The zero-order valence-corrected chi connectivity index (χ0v) is 13.2. The molecule has 0 aliphatic heterocycles. The van der Waals surface area contributed by atoms with E-state index in [2.05, 4.69) is 17.5 Å². The van der Waals surface area contributed by atoms with E-state index in [4.69, 9.17) is 11.6 Å². The van der Waals surface area contributed by atoms with Crippen LogP contribution in [-0.2, 0) is 0 Å². The lowest BCUT2D eigenvalue weighted by Gasteiger charge is -2.20. The van der Waals surface area contributed by atoms with Gasteiger partial charge in [0, 0.05) is 26.3 Å². The second kappa shape index (κ2) is 5.72. The van der Waals surface area contributed by atoms with Crippen molar-refractivity contribution in [2.75, 3.05) is 26.0 Å². The topological polar surface area (TPSA) is 32.3 Å². The van der Waals surface area contributed by atoms with E-state index in [1.54, 1.807) is 25.1 Å². The molecule has 1 aromatic carbocycles. The van der Waals surface area contributed by atoms with Crippen molar-refractivity contribution >= 4 is 23.2 Å². The fraction of sp³-hybridized carbons (Fsp3) is 0.471. The molecule has 2 bridgehead atoms. The number of allylic oxidation sites excluding steroid dienone is 2. The minimum absolute atomic E-state index is 0.0634. The molecular weight excluding hydrogens is 284 g/mol. The average Bonchev–Trinajstić information content (AvgIpc) is 3.08. The van der Waals surface area contributed by atoms with Crippen LogP contribution in [0.4, 0.5) is 5.69 Å². The summed E-state index contributed by atoms with van der Waals surface area (Å²) in [6.45, 7) is 0.961. The molecule has 21 heavy (non-hydrogen) atoms. The van der Waals surface area contributed by atoms with Crippen molar-refractivity contribution in [3.05, 3.63) is 40.9 Å². The molecule has 1 N–H and O–H groups in total. The van der Waals surface area contributed by atoms with Gasteiger partial charge in [-0.3, -0.25) is 4.79 Å². The molecule has 0 heterocycles. The lowest BCUT2D eigenvalue weighted by Crippen LogP contribution is -2.22. The van der Waals surface area contributed by atoms with Crippen LogP contribution >= 0.6 is 11.6 Å². The van der Waals surface area contributed by atoms with E-state index in [-0.39, 0.29) is 5.91 Å². The van der Waals surface area contributed by atoms with E-state index < -0.39 is 0 Å². The Bertz CT molecular complexity index is 582. The molecule has 1 aromatic rings. The third-order valence-corrected chi connectivity index (χ3v) is 4.92. The Hall–Kier alpha value is -1.48. The van der Waals surface area contributed by atoms with Gasteiger partial charge in [-0.2, -0.15) is 0 Å². The quantitative estimate of drug-likeness (QED) is 0.861. The van der Waals surface area contributed by atoms with E-state index in [9.17, 15) is 4.79 Å². The van der Waals surface area contributed by atoms with Crippen molar-refractivity contribution in [3.63, 3.8) is 0 Å². The zero-order chi connectivity index (χ0) is 15.0. The molecular formula is C17H21ClN2O. The number of nitrogens with zero attached hydrogens (tertiary/aromatic N) is 1. The summed E-state index contributed by atoms with van der Waals surface area (Å²) in [4.78, 5) is 13.6. The first-order valence-corrected chi connectivity index (χ1v) is 7.86. The Morgan fingerprint density at radius 3 is 2.76 bits per heavy atom. The van der Waals surface area contributed by atoms with Gasteiger partial charge in [-0.1, -0.05) is 23.8 Å². The lowest BCUT2D eigenvalue weighted by atomic mass is 9.93. The molecule has 4 heteroatoms. The number of carbonyl (C=O) groups excluding carboxylic acids is 1. The molecule has 2 aliphatic carbocycles. The first-order valence-electron chi connectivity index (χ1n) is 7.48. The van der Waals surface area contributed by atoms with Crippen molar-refractivity contribution in [1.29, 1.82) is 0 Å². The van der Waals surface area contributed by atoms with Crippen LogP contribution in [0.1, 0.15) is 23.2 Å². The second-order valence-corrected chi connectivity index (χ2v) is 6.72. The molecule has 3 unspecified atom stereocenters. The first kappa shape index (κ1) is 14.5. The maximum Gasteiger partial charge on any atom is 0.254 e. The first-order chi connectivity index (χ1) is 10.0. The Morgan fingerprint density at radius 1 is 1.33 bits per heavy atom. The smallest absolute Gasteiger partial charge is 0.254 e. The van der Waals surface area contributed by atoms with Crippen molar-refractivity contribution in [3.8, 4) is 0 Å². The van der Waals surface area contributed by atoms with Crippen LogP contribution in [-0.4, -0.2) is 31.4 Å². The van der Waals surface area contributed by atoms with Crippen LogP contribution in [0.25, 0.3) is 0 Å². The molecule has 3 atom stereocenters. The van der Waals surface area contributed by atoms with Crippen LogP contribution < -0.4 is 5.32 Å². The highest BCUT2D eigenvalue weighted by Gasteiger charge is 2.35. The van der Waals surface area contributed by atoms with Gasteiger partial charge in [0.15, 0.2) is 0 Å². The van der Waals surface area contributed by atoms with E-state index in [0.29, 0.717) is 16.5 Å². The number of fused-ring (bicyclic) bond motifs is 2. The molecule has 3 nitrogen and oxygen atoms in total. The summed E-state index contributed by atoms with van der Waals surface area (Å²) in [6.07, 6.45) is 7.32. The maximum absolute atomic E-state index is 12.1. The number of halogens is 1. The molecule has 0 saturated heterocycles.